The summed E-state index contributed by atoms with van der Waals surface area (Å²) in [6.07, 6.45) is 6.75. The zero-order valence-corrected chi connectivity index (χ0v) is 18.4. The molecule has 30 heavy (non-hydrogen) atoms. The third-order valence-corrected chi connectivity index (χ3v) is 5.85. The average Bonchev–Trinajstić information content (AvgIpc) is 2.74. The maximum absolute atomic E-state index is 12.8. The third kappa shape index (κ3) is 6.19. The van der Waals surface area contributed by atoms with Crippen LogP contribution in [0, 0.1) is 5.92 Å². The largest absolute Gasteiger partial charge is 0.349 e. The summed E-state index contributed by atoms with van der Waals surface area (Å²) in [4.78, 5) is 25.4. The Bertz CT molecular complexity index is 852. The normalized spacial score (nSPS) is 15.6. The molecular weight excluding hydrogens is 372 g/mol. The van der Waals surface area contributed by atoms with Gasteiger partial charge in [0.25, 0.3) is 5.91 Å². The fraction of sp³-hybridized carbons (Fsp3) is 0.462. The van der Waals surface area contributed by atoms with Crippen LogP contribution in [-0.4, -0.2) is 17.9 Å². The van der Waals surface area contributed by atoms with Crippen LogP contribution in [-0.2, 0) is 11.2 Å². The second-order valence-electron chi connectivity index (χ2n) is 8.94. The molecule has 1 fully saturated rings. The summed E-state index contributed by atoms with van der Waals surface area (Å²) in [5.41, 5.74) is 3.52. The van der Waals surface area contributed by atoms with Crippen molar-refractivity contribution in [2.24, 2.45) is 5.92 Å². The summed E-state index contributed by atoms with van der Waals surface area (Å²) in [7, 11) is 0. The maximum atomic E-state index is 12.8. The van der Waals surface area contributed by atoms with Gasteiger partial charge in [-0.15, -0.1) is 0 Å². The van der Waals surface area contributed by atoms with Gasteiger partial charge in [-0.25, -0.2) is 0 Å². The van der Waals surface area contributed by atoms with Gasteiger partial charge in [0.15, 0.2) is 0 Å². The Balaban J connectivity index is 1.60. The van der Waals surface area contributed by atoms with E-state index in [4.69, 9.17) is 0 Å². The number of carbonyl (C=O) groups excluding carboxylic acids is 2. The fourth-order valence-corrected chi connectivity index (χ4v) is 4.07. The first-order valence-corrected chi connectivity index (χ1v) is 11.2. The molecule has 2 aromatic carbocycles. The molecule has 1 unspecified atom stereocenters. The van der Waals surface area contributed by atoms with Crippen LogP contribution < -0.4 is 10.6 Å². The molecule has 160 valence electrons. The molecular formula is C26H34N2O2. The van der Waals surface area contributed by atoms with Crippen molar-refractivity contribution in [3.63, 3.8) is 0 Å². The van der Waals surface area contributed by atoms with Crippen LogP contribution in [0.2, 0.25) is 0 Å². The zero-order chi connectivity index (χ0) is 21.5. The number of hydrogen-bond acceptors (Lipinski definition) is 2. The van der Waals surface area contributed by atoms with Crippen LogP contribution in [0.5, 0.6) is 0 Å². The quantitative estimate of drug-likeness (QED) is 0.620. The summed E-state index contributed by atoms with van der Waals surface area (Å²) >= 11 is 0. The van der Waals surface area contributed by atoms with Crippen molar-refractivity contribution in [3.8, 4) is 0 Å². The standard InChI is InChI=1S/C26H34N2O2/c1-18(2)16-20-12-14-21(15-13-20)19(3)25(29)28-24-11-7-8-22(17-24)26(30)27-23-9-5-4-6-10-23/h7-8,11-15,17-19,23H,4-6,9-10,16H2,1-3H3,(H,27,30)(H,28,29). The lowest BCUT2D eigenvalue weighted by Gasteiger charge is -2.22. The van der Waals surface area contributed by atoms with E-state index in [0.717, 1.165) is 24.8 Å². The topological polar surface area (TPSA) is 58.2 Å². The molecule has 0 spiro atoms. The van der Waals surface area contributed by atoms with Gasteiger partial charge in [0.2, 0.25) is 5.91 Å². The van der Waals surface area contributed by atoms with Crippen LogP contribution in [0.25, 0.3) is 0 Å². The first kappa shape index (κ1) is 22.1. The Hall–Kier alpha value is -2.62. The van der Waals surface area contributed by atoms with E-state index in [2.05, 4.69) is 36.6 Å². The predicted octanol–water partition coefficient (Wildman–Crippen LogP) is 5.69. The molecule has 0 saturated heterocycles. The number of nitrogens with one attached hydrogen (secondary N) is 2. The average molecular weight is 407 g/mol. The van der Waals surface area contributed by atoms with Gasteiger partial charge >= 0.3 is 0 Å². The summed E-state index contributed by atoms with van der Waals surface area (Å²) in [6.45, 7) is 6.31. The highest BCUT2D eigenvalue weighted by atomic mass is 16.2. The SMILES string of the molecule is CC(C)Cc1ccc(C(C)C(=O)Nc2cccc(C(=O)NC3CCCCC3)c2)cc1. The Morgan fingerprint density at radius 1 is 0.967 bits per heavy atom. The molecule has 1 saturated carbocycles. The van der Waals surface area contributed by atoms with Gasteiger partial charge in [-0.2, -0.15) is 0 Å². The van der Waals surface area contributed by atoms with E-state index in [1.54, 1.807) is 12.1 Å². The molecule has 2 N–H and O–H groups in total. The van der Waals surface area contributed by atoms with Crippen molar-refractivity contribution in [1.82, 2.24) is 5.32 Å². The lowest BCUT2D eigenvalue weighted by Crippen LogP contribution is -2.36. The molecule has 0 aliphatic heterocycles. The number of benzene rings is 2. The van der Waals surface area contributed by atoms with Crippen molar-refractivity contribution in [1.29, 1.82) is 0 Å². The van der Waals surface area contributed by atoms with Gasteiger partial charge in [0.05, 0.1) is 5.92 Å². The molecule has 1 aliphatic carbocycles. The number of hydrogen-bond donors (Lipinski definition) is 2. The van der Waals surface area contributed by atoms with Crippen LogP contribution in [0.3, 0.4) is 0 Å². The van der Waals surface area contributed by atoms with Gasteiger partial charge in [0, 0.05) is 17.3 Å². The molecule has 2 amide bonds. The Morgan fingerprint density at radius 2 is 1.67 bits per heavy atom. The van der Waals surface area contributed by atoms with Gasteiger partial charge in [-0.05, 0) is 61.4 Å². The monoisotopic (exact) mass is 406 g/mol. The molecule has 1 atom stereocenters. The molecule has 4 heteroatoms. The number of carbonyl (C=O) groups is 2. The molecule has 0 bridgehead atoms. The summed E-state index contributed by atoms with van der Waals surface area (Å²) < 4.78 is 0. The summed E-state index contributed by atoms with van der Waals surface area (Å²) in [5, 5.41) is 6.10. The minimum atomic E-state index is -0.266. The lowest BCUT2D eigenvalue weighted by atomic mass is 9.95. The van der Waals surface area contributed by atoms with Gasteiger partial charge in [-0.3, -0.25) is 9.59 Å². The molecule has 0 radical (unpaired) electrons. The van der Waals surface area contributed by atoms with E-state index < -0.39 is 0 Å². The minimum absolute atomic E-state index is 0.0632. The molecule has 4 nitrogen and oxygen atoms in total. The molecule has 0 aromatic heterocycles. The van der Waals surface area contributed by atoms with E-state index in [0.29, 0.717) is 17.2 Å². The molecule has 1 aliphatic rings. The third-order valence-electron chi connectivity index (χ3n) is 5.85. The Morgan fingerprint density at radius 3 is 2.33 bits per heavy atom. The van der Waals surface area contributed by atoms with Crippen molar-refractivity contribution in [2.45, 2.75) is 71.3 Å². The van der Waals surface area contributed by atoms with Gasteiger partial charge < -0.3 is 10.6 Å². The van der Waals surface area contributed by atoms with E-state index >= 15 is 0 Å². The second kappa shape index (κ2) is 10.4. The van der Waals surface area contributed by atoms with Crippen molar-refractivity contribution in [2.75, 3.05) is 5.32 Å². The van der Waals surface area contributed by atoms with Crippen LogP contribution in [0.4, 0.5) is 5.69 Å². The Kier molecular flexibility index (Phi) is 7.67. The fourth-order valence-electron chi connectivity index (χ4n) is 4.07. The van der Waals surface area contributed by atoms with E-state index in [1.807, 2.05) is 31.2 Å². The van der Waals surface area contributed by atoms with Crippen LogP contribution in [0.1, 0.15) is 80.3 Å². The highest BCUT2D eigenvalue weighted by molar-refractivity contribution is 5.99. The summed E-state index contributed by atoms with van der Waals surface area (Å²) in [5.74, 6) is 0.209. The zero-order valence-electron chi connectivity index (χ0n) is 18.4. The smallest absolute Gasteiger partial charge is 0.251 e. The highest BCUT2D eigenvalue weighted by Gasteiger charge is 2.18. The van der Waals surface area contributed by atoms with Gasteiger partial charge in [-0.1, -0.05) is 63.4 Å². The van der Waals surface area contributed by atoms with Crippen LogP contribution in [0.15, 0.2) is 48.5 Å². The number of amides is 2. The molecule has 3 rings (SSSR count). The first-order valence-electron chi connectivity index (χ1n) is 11.2. The second-order valence-corrected chi connectivity index (χ2v) is 8.94. The summed E-state index contributed by atoms with van der Waals surface area (Å²) in [6, 6.07) is 15.8. The Labute approximate surface area is 180 Å². The van der Waals surface area contributed by atoms with E-state index in [-0.39, 0.29) is 23.8 Å². The van der Waals surface area contributed by atoms with E-state index in [9.17, 15) is 9.59 Å². The maximum Gasteiger partial charge on any atom is 0.251 e. The first-order chi connectivity index (χ1) is 14.4. The predicted molar refractivity (Wildman–Crippen MR) is 123 cm³/mol. The van der Waals surface area contributed by atoms with Crippen molar-refractivity contribution in [3.05, 3.63) is 65.2 Å². The van der Waals surface area contributed by atoms with Gasteiger partial charge in [0.1, 0.15) is 0 Å². The van der Waals surface area contributed by atoms with Crippen molar-refractivity contribution >= 4 is 17.5 Å². The minimum Gasteiger partial charge on any atom is -0.349 e. The number of rotatable bonds is 7. The highest BCUT2D eigenvalue weighted by Crippen LogP contribution is 2.21. The molecule has 2 aromatic rings. The van der Waals surface area contributed by atoms with E-state index in [1.165, 1.54) is 24.8 Å². The van der Waals surface area contributed by atoms with Crippen LogP contribution >= 0.6 is 0 Å². The molecule has 0 heterocycles. The number of anilines is 1. The van der Waals surface area contributed by atoms with Crippen molar-refractivity contribution < 1.29 is 9.59 Å². The lowest BCUT2D eigenvalue weighted by molar-refractivity contribution is -0.117.